The molecule has 0 atom stereocenters. The second-order valence-electron chi connectivity index (χ2n) is 4.86. The minimum Gasteiger partial charge on any atom is -0.493 e. The average Bonchev–Trinajstić information content (AvgIpc) is 2.75. The summed E-state index contributed by atoms with van der Waals surface area (Å²) in [4.78, 5) is 4.31. The Kier molecular flexibility index (Phi) is 6.41. The summed E-state index contributed by atoms with van der Waals surface area (Å²) in [6, 6.07) is 6.69. The normalized spacial score (nSPS) is 13.7. The molecule has 1 aliphatic rings. The van der Waals surface area contributed by atoms with Gasteiger partial charge >= 0.3 is 0 Å². The van der Waals surface area contributed by atoms with Crippen LogP contribution in [0.2, 0.25) is 0 Å². The highest BCUT2D eigenvalue weighted by atomic mass is 127. The first-order chi connectivity index (χ1) is 8.65. The van der Waals surface area contributed by atoms with Gasteiger partial charge in [0.25, 0.3) is 0 Å². The van der Waals surface area contributed by atoms with Crippen molar-refractivity contribution in [2.75, 3.05) is 13.2 Å². The van der Waals surface area contributed by atoms with Gasteiger partial charge in [0, 0.05) is 19.0 Å². The lowest BCUT2D eigenvalue weighted by atomic mass is 10.1. The Labute approximate surface area is 131 Å². The molecule has 0 unspecified atom stereocenters. The van der Waals surface area contributed by atoms with Gasteiger partial charge < -0.3 is 15.8 Å². The van der Waals surface area contributed by atoms with Gasteiger partial charge in [-0.15, -0.1) is 24.0 Å². The zero-order valence-electron chi connectivity index (χ0n) is 11.5. The van der Waals surface area contributed by atoms with E-state index in [1.807, 2.05) is 13.8 Å². The molecule has 0 amide bonds. The molecule has 1 aliphatic heterocycles. The lowest BCUT2D eigenvalue weighted by Crippen LogP contribution is -2.36. The molecule has 1 aromatic rings. The fourth-order valence-corrected chi connectivity index (χ4v) is 2.04. The van der Waals surface area contributed by atoms with Gasteiger partial charge in [0.1, 0.15) is 5.75 Å². The number of nitrogens with one attached hydrogen (secondary N) is 1. The van der Waals surface area contributed by atoms with Crippen molar-refractivity contribution < 1.29 is 4.74 Å². The molecule has 106 valence electrons. The minimum absolute atomic E-state index is 0. The lowest BCUT2D eigenvalue weighted by Gasteiger charge is -2.08. The van der Waals surface area contributed by atoms with Crippen LogP contribution in [-0.4, -0.2) is 25.2 Å². The largest absolute Gasteiger partial charge is 0.493 e. The van der Waals surface area contributed by atoms with E-state index in [1.165, 1.54) is 11.1 Å². The highest BCUT2D eigenvalue weighted by molar-refractivity contribution is 14.0. The van der Waals surface area contributed by atoms with Gasteiger partial charge in [-0.2, -0.15) is 0 Å². The smallest absolute Gasteiger partial charge is 0.188 e. The van der Waals surface area contributed by atoms with Crippen LogP contribution in [0.1, 0.15) is 25.0 Å². The predicted octanol–water partition coefficient (Wildman–Crippen LogP) is 2.09. The zero-order chi connectivity index (χ0) is 13.0. The highest BCUT2D eigenvalue weighted by Crippen LogP contribution is 2.25. The average molecular weight is 375 g/mol. The number of hydrogen-bond donors (Lipinski definition) is 2. The van der Waals surface area contributed by atoms with Gasteiger partial charge in [0.2, 0.25) is 0 Å². The first-order valence-electron chi connectivity index (χ1n) is 6.46. The number of ether oxygens (including phenoxy) is 1. The number of rotatable bonds is 4. The first kappa shape index (κ1) is 16.1. The summed E-state index contributed by atoms with van der Waals surface area (Å²) in [7, 11) is 0. The first-order valence-corrected chi connectivity index (χ1v) is 6.46. The molecular formula is C14H22IN3O. The Morgan fingerprint density at radius 1 is 1.47 bits per heavy atom. The maximum atomic E-state index is 5.75. The van der Waals surface area contributed by atoms with Crippen LogP contribution in [0.4, 0.5) is 0 Å². The molecule has 0 aromatic heterocycles. The fraction of sp³-hybridized carbons (Fsp3) is 0.500. The van der Waals surface area contributed by atoms with Crippen molar-refractivity contribution in [3.05, 3.63) is 29.3 Å². The quantitative estimate of drug-likeness (QED) is 0.482. The molecule has 0 saturated heterocycles. The van der Waals surface area contributed by atoms with Crippen LogP contribution in [0.3, 0.4) is 0 Å². The summed E-state index contributed by atoms with van der Waals surface area (Å²) in [5.41, 5.74) is 8.35. The topological polar surface area (TPSA) is 59.6 Å². The Bertz CT molecular complexity index is 446. The second-order valence-corrected chi connectivity index (χ2v) is 4.86. The number of aliphatic imine (C=N–C) groups is 1. The summed E-state index contributed by atoms with van der Waals surface area (Å²) in [6.45, 7) is 5.61. The van der Waals surface area contributed by atoms with Crippen LogP contribution in [0, 0.1) is 0 Å². The molecule has 0 aliphatic carbocycles. The summed E-state index contributed by atoms with van der Waals surface area (Å²) in [6.07, 6.45) is 1.93. The van der Waals surface area contributed by atoms with E-state index < -0.39 is 0 Å². The van der Waals surface area contributed by atoms with Crippen molar-refractivity contribution in [2.24, 2.45) is 10.7 Å². The zero-order valence-corrected chi connectivity index (χ0v) is 13.8. The number of halogens is 1. The van der Waals surface area contributed by atoms with E-state index in [0.29, 0.717) is 18.5 Å². The van der Waals surface area contributed by atoms with E-state index in [2.05, 4.69) is 28.5 Å². The maximum Gasteiger partial charge on any atom is 0.188 e. The predicted molar refractivity (Wildman–Crippen MR) is 89.5 cm³/mol. The molecule has 0 bridgehead atoms. The minimum atomic E-state index is 0. The summed E-state index contributed by atoms with van der Waals surface area (Å²) < 4.78 is 5.48. The van der Waals surface area contributed by atoms with Crippen LogP contribution >= 0.6 is 24.0 Å². The number of guanidine groups is 1. The highest BCUT2D eigenvalue weighted by Gasteiger charge is 2.11. The van der Waals surface area contributed by atoms with E-state index in [4.69, 9.17) is 10.5 Å². The molecule has 0 fully saturated rings. The van der Waals surface area contributed by atoms with Crippen molar-refractivity contribution in [2.45, 2.75) is 32.7 Å². The molecule has 3 N–H and O–H groups in total. The Hall–Kier alpha value is -0.980. The van der Waals surface area contributed by atoms with Crippen molar-refractivity contribution in [3.63, 3.8) is 0 Å². The van der Waals surface area contributed by atoms with E-state index in [1.54, 1.807) is 0 Å². The molecular weight excluding hydrogens is 353 g/mol. The van der Waals surface area contributed by atoms with Gasteiger partial charge in [-0.05, 0) is 37.5 Å². The monoisotopic (exact) mass is 375 g/mol. The van der Waals surface area contributed by atoms with Crippen molar-refractivity contribution in [1.82, 2.24) is 5.32 Å². The van der Waals surface area contributed by atoms with Gasteiger partial charge in [-0.25, -0.2) is 0 Å². The number of nitrogens with two attached hydrogens (primary N) is 1. The molecule has 5 heteroatoms. The van der Waals surface area contributed by atoms with Crippen LogP contribution in [0.15, 0.2) is 23.2 Å². The van der Waals surface area contributed by atoms with Crippen LogP contribution in [0.25, 0.3) is 0 Å². The summed E-state index contributed by atoms with van der Waals surface area (Å²) in [5, 5.41) is 3.08. The Balaban J connectivity index is 0.00000180. The van der Waals surface area contributed by atoms with E-state index in [0.717, 1.165) is 25.2 Å². The molecule has 19 heavy (non-hydrogen) atoms. The molecule has 2 rings (SSSR count). The molecule has 1 heterocycles. The number of hydrogen-bond acceptors (Lipinski definition) is 2. The second kappa shape index (κ2) is 7.57. The van der Waals surface area contributed by atoms with Gasteiger partial charge in [-0.1, -0.05) is 12.1 Å². The standard InChI is InChI=1S/C14H21N3O.HI/c1-10(2)17-14(15)16-7-5-11-3-4-13-12(9-11)6-8-18-13;/h3-4,9-10H,5-8H2,1-2H3,(H3,15,16,17);1H. The third kappa shape index (κ3) is 4.89. The molecule has 0 saturated carbocycles. The van der Waals surface area contributed by atoms with Crippen molar-refractivity contribution >= 4 is 29.9 Å². The van der Waals surface area contributed by atoms with Crippen LogP contribution in [0.5, 0.6) is 5.75 Å². The van der Waals surface area contributed by atoms with Gasteiger partial charge in [-0.3, -0.25) is 4.99 Å². The number of benzene rings is 1. The van der Waals surface area contributed by atoms with E-state index >= 15 is 0 Å². The van der Waals surface area contributed by atoms with E-state index in [-0.39, 0.29) is 24.0 Å². The molecule has 1 aromatic carbocycles. The van der Waals surface area contributed by atoms with Crippen molar-refractivity contribution in [3.8, 4) is 5.75 Å². The van der Waals surface area contributed by atoms with Crippen LogP contribution in [-0.2, 0) is 12.8 Å². The number of nitrogens with zero attached hydrogens (tertiary/aromatic N) is 1. The van der Waals surface area contributed by atoms with E-state index in [9.17, 15) is 0 Å². The Morgan fingerprint density at radius 2 is 2.26 bits per heavy atom. The van der Waals surface area contributed by atoms with Crippen molar-refractivity contribution in [1.29, 1.82) is 0 Å². The fourth-order valence-electron chi connectivity index (χ4n) is 2.04. The maximum absolute atomic E-state index is 5.75. The third-order valence-corrected chi connectivity index (χ3v) is 2.87. The van der Waals surface area contributed by atoms with Crippen LogP contribution < -0.4 is 15.8 Å². The lowest BCUT2D eigenvalue weighted by molar-refractivity contribution is 0.357. The molecule has 0 radical (unpaired) electrons. The summed E-state index contributed by atoms with van der Waals surface area (Å²) >= 11 is 0. The third-order valence-electron chi connectivity index (χ3n) is 2.87. The molecule has 4 nitrogen and oxygen atoms in total. The molecule has 0 spiro atoms. The Morgan fingerprint density at radius 3 is 3.00 bits per heavy atom. The van der Waals surface area contributed by atoms with Gasteiger partial charge in [0.15, 0.2) is 5.96 Å². The summed E-state index contributed by atoms with van der Waals surface area (Å²) in [5.74, 6) is 1.55. The SMILES string of the molecule is CC(C)NC(N)=NCCc1ccc2c(c1)CCO2.I. The number of fused-ring (bicyclic) bond motifs is 1. The van der Waals surface area contributed by atoms with Gasteiger partial charge in [0.05, 0.1) is 6.61 Å².